The summed E-state index contributed by atoms with van der Waals surface area (Å²) in [7, 11) is 0. The molecule has 2 aliphatic rings. The van der Waals surface area contributed by atoms with Crippen molar-refractivity contribution in [3.05, 3.63) is 0 Å². The minimum atomic E-state index is -5.73. The lowest BCUT2D eigenvalue weighted by molar-refractivity contribution is -0.373. The van der Waals surface area contributed by atoms with Gasteiger partial charge in [-0.05, 0) is 66.1 Å². The number of aliphatic hydroxyl groups is 1. The normalized spacial score (nSPS) is 31.6. The van der Waals surface area contributed by atoms with Crippen LogP contribution in [-0.2, 0) is 0 Å². The van der Waals surface area contributed by atoms with E-state index < -0.39 is 30.3 Å². The van der Waals surface area contributed by atoms with Gasteiger partial charge in [0.25, 0.3) is 5.60 Å². The Balaban J connectivity index is 2.40. The summed E-state index contributed by atoms with van der Waals surface area (Å²) in [5, 5.41) is 9.78. The standard InChI is InChI=1S/C22H36F6O/c1-7-9-19(5,6)16-13-10-14(15(11-13)17(16)18(3,4)8-2)12-20(29,21(23,24)25)22(26,27)28/h13-17,29H,7-12H2,1-6H3. The third-order valence-electron chi connectivity index (χ3n) is 8.25. The molecule has 172 valence electrons. The number of rotatable bonds is 7. The number of hydrogen-bond donors (Lipinski definition) is 1. The smallest absolute Gasteiger partial charge is 0.374 e. The van der Waals surface area contributed by atoms with Gasteiger partial charge >= 0.3 is 12.4 Å². The van der Waals surface area contributed by atoms with E-state index in [2.05, 4.69) is 34.6 Å². The Hall–Kier alpha value is -0.460. The van der Waals surface area contributed by atoms with Crippen molar-refractivity contribution in [2.24, 2.45) is 40.4 Å². The Morgan fingerprint density at radius 1 is 0.793 bits per heavy atom. The van der Waals surface area contributed by atoms with E-state index >= 15 is 0 Å². The first-order valence-corrected chi connectivity index (χ1v) is 10.8. The third kappa shape index (κ3) is 4.18. The van der Waals surface area contributed by atoms with Gasteiger partial charge in [0, 0.05) is 0 Å². The summed E-state index contributed by atoms with van der Waals surface area (Å²) in [6.07, 6.45) is -8.95. The highest BCUT2D eigenvalue weighted by Crippen LogP contribution is 2.67. The molecule has 7 heteroatoms. The molecule has 0 aromatic heterocycles. The van der Waals surface area contributed by atoms with E-state index in [1.54, 1.807) is 0 Å². The number of halogens is 6. The molecule has 29 heavy (non-hydrogen) atoms. The van der Waals surface area contributed by atoms with Crippen LogP contribution in [0.3, 0.4) is 0 Å². The molecule has 2 fully saturated rings. The minimum absolute atomic E-state index is 0.0133. The maximum Gasteiger partial charge on any atom is 0.426 e. The molecule has 0 aromatic carbocycles. The zero-order chi connectivity index (χ0) is 22.6. The molecule has 0 radical (unpaired) electrons. The van der Waals surface area contributed by atoms with Gasteiger partial charge in [0.05, 0.1) is 0 Å². The minimum Gasteiger partial charge on any atom is -0.374 e. The summed E-state index contributed by atoms with van der Waals surface area (Å²) in [5.74, 6) is -0.523. The molecule has 2 rings (SSSR count). The zero-order valence-corrected chi connectivity index (χ0v) is 18.3. The molecule has 1 nitrogen and oxygen atoms in total. The average molecular weight is 431 g/mol. The number of fused-ring (bicyclic) bond motifs is 2. The largest absolute Gasteiger partial charge is 0.426 e. The molecule has 5 atom stereocenters. The van der Waals surface area contributed by atoms with Crippen molar-refractivity contribution in [1.82, 2.24) is 0 Å². The topological polar surface area (TPSA) is 20.2 Å². The molecule has 1 N–H and O–H groups in total. The van der Waals surface area contributed by atoms with Gasteiger partial charge in [0.1, 0.15) is 0 Å². The number of alkyl halides is 6. The van der Waals surface area contributed by atoms with Gasteiger partial charge in [0.2, 0.25) is 0 Å². The van der Waals surface area contributed by atoms with Crippen molar-refractivity contribution in [3.8, 4) is 0 Å². The first-order chi connectivity index (χ1) is 12.9. The van der Waals surface area contributed by atoms with Crippen LogP contribution >= 0.6 is 0 Å². The Morgan fingerprint density at radius 2 is 1.31 bits per heavy atom. The van der Waals surface area contributed by atoms with Crippen LogP contribution in [0.25, 0.3) is 0 Å². The summed E-state index contributed by atoms with van der Waals surface area (Å²) in [6.45, 7) is 12.7. The van der Waals surface area contributed by atoms with Crippen molar-refractivity contribution < 1.29 is 31.4 Å². The Kier molecular flexibility index (Phi) is 6.50. The van der Waals surface area contributed by atoms with Crippen molar-refractivity contribution >= 4 is 0 Å². The summed E-state index contributed by atoms with van der Waals surface area (Å²) in [6, 6.07) is 0. The van der Waals surface area contributed by atoms with E-state index in [4.69, 9.17) is 0 Å². The van der Waals surface area contributed by atoms with Crippen LogP contribution < -0.4 is 0 Å². The molecule has 0 heterocycles. The van der Waals surface area contributed by atoms with Gasteiger partial charge in [-0.3, -0.25) is 0 Å². The molecule has 0 spiro atoms. The average Bonchev–Trinajstić information content (AvgIpc) is 3.10. The second kappa shape index (κ2) is 7.59. The summed E-state index contributed by atoms with van der Waals surface area (Å²) in [4.78, 5) is 0. The molecule has 0 aromatic rings. The van der Waals surface area contributed by atoms with Crippen molar-refractivity contribution in [2.75, 3.05) is 0 Å². The first-order valence-electron chi connectivity index (χ1n) is 10.8. The fourth-order valence-electron chi connectivity index (χ4n) is 6.74. The van der Waals surface area contributed by atoms with E-state index in [0.717, 1.165) is 19.3 Å². The fourth-order valence-corrected chi connectivity index (χ4v) is 6.74. The second-order valence-corrected chi connectivity index (χ2v) is 10.8. The predicted octanol–water partition coefficient (Wildman–Crippen LogP) is 7.38. The van der Waals surface area contributed by atoms with Gasteiger partial charge in [0.15, 0.2) is 0 Å². The van der Waals surface area contributed by atoms with Crippen LogP contribution in [0, 0.1) is 40.4 Å². The van der Waals surface area contributed by atoms with Gasteiger partial charge in [-0.15, -0.1) is 0 Å². The van der Waals surface area contributed by atoms with E-state index in [0.29, 0.717) is 12.8 Å². The molecule has 0 aliphatic heterocycles. The lowest BCUT2D eigenvalue weighted by Crippen LogP contribution is -2.58. The molecule has 0 saturated heterocycles. The van der Waals surface area contributed by atoms with E-state index in [1.807, 2.05) is 6.92 Å². The van der Waals surface area contributed by atoms with Crippen molar-refractivity contribution in [1.29, 1.82) is 0 Å². The Morgan fingerprint density at radius 3 is 1.72 bits per heavy atom. The maximum atomic E-state index is 13.3. The van der Waals surface area contributed by atoms with Crippen LogP contribution in [0.1, 0.15) is 80.1 Å². The van der Waals surface area contributed by atoms with Crippen LogP contribution in [0.2, 0.25) is 0 Å². The molecule has 2 saturated carbocycles. The van der Waals surface area contributed by atoms with Crippen LogP contribution in [0.15, 0.2) is 0 Å². The SMILES string of the molecule is CCCC(C)(C)C1C2CC(CC(O)(C(F)(F)F)C(F)(F)F)C(C2)C1C(C)(C)CC. The van der Waals surface area contributed by atoms with E-state index in [1.165, 1.54) is 0 Å². The summed E-state index contributed by atoms with van der Waals surface area (Å²) >= 11 is 0. The van der Waals surface area contributed by atoms with Gasteiger partial charge in [-0.25, -0.2) is 0 Å². The number of hydrogen-bond acceptors (Lipinski definition) is 1. The molecular weight excluding hydrogens is 394 g/mol. The third-order valence-corrected chi connectivity index (χ3v) is 8.25. The highest BCUT2D eigenvalue weighted by atomic mass is 19.4. The summed E-state index contributed by atoms with van der Waals surface area (Å²) < 4.78 is 79.7. The lowest BCUT2D eigenvalue weighted by Gasteiger charge is -2.51. The summed E-state index contributed by atoms with van der Waals surface area (Å²) in [5.41, 5.74) is -4.83. The van der Waals surface area contributed by atoms with Crippen molar-refractivity contribution in [2.45, 2.75) is 98.0 Å². The second-order valence-electron chi connectivity index (χ2n) is 10.8. The maximum absolute atomic E-state index is 13.3. The first kappa shape index (κ1) is 24.8. The fraction of sp³-hybridized carbons (Fsp3) is 1.00. The van der Waals surface area contributed by atoms with E-state index in [-0.39, 0.29) is 34.5 Å². The van der Waals surface area contributed by atoms with Gasteiger partial charge < -0.3 is 5.11 Å². The predicted molar refractivity (Wildman–Crippen MR) is 101 cm³/mol. The van der Waals surface area contributed by atoms with Crippen molar-refractivity contribution in [3.63, 3.8) is 0 Å². The monoisotopic (exact) mass is 430 g/mol. The molecule has 5 unspecified atom stereocenters. The Labute approximate surface area is 170 Å². The lowest BCUT2D eigenvalue weighted by atomic mass is 9.54. The quantitative estimate of drug-likeness (QED) is 0.418. The van der Waals surface area contributed by atoms with E-state index in [9.17, 15) is 31.4 Å². The van der Waals surface area contributed by atoms with Crippen LogP contribution in [0.4, 0.5) is 26.3 Å². The zero-order valence-electron chi connectivity index (χ0n) is 18.3. The van der Waals surface area contributed by atoms with Crippen LogP contribution in [-0.4, -0.2) is 23.1 Å². The molecular formula is C22H36F6O. The molecule has 0 amide bonds. The molecule has 2 aliphatic carbocycles. The highest BCUT2D eigenvalue weighted by Gasteiger charge is 2.72. The van der Waals surface area contributed by atoms with Crippen LogP contribution in [0.5, 0.6) is 0 Å². The van der Waals surface area contributed by atoms with Gasteiger partial charge in [-0.2, -0.15) is 26.3 Å². The Bertz CT molecular complexity index is 563. The van der Waals surface area contributed by atoms with Gasteiger partial charge in [-0.1, -0.05) is 54.4 Å². The molecule has 2 bridgehead atoms. The highest BCUT2D eigenvalue weighted by molar-refractivity contribution is 5.10.